The van der Waals surface area contributed by atoms with Crippen LogP contribution in [0.2, 0.25) is 0 Å². The molecular weight excluding hydrogens is 716 g/mol. The van der Waals surface area contributed by atoms with E-state index in [0.717, 1.165) is 36.8 Å². The highest BCUT2D eigenvalue weighted by Crippen LogP contribution is 2.65. The van der Waals surface area contributed by atoms with Crippen molar-refractivity contribution in [3.63, 3.8) is 0 Å². The number of allylic oxidation sites excluding steroid dienone is 2. The zero-order valence-electron chi connectivity index (χ0n) is 31.8. The van der Waals surface area contributed by atoms with Crippen molar-refractivity contribution in [3.05, 3.63) is 90.0 Å². The lowest BCUT2D eigenvalue weighted by Crippen LogP contribution is -2.70. The molecule has 11 heteroatoms. The minimum Gasteiger partial charge on any atom is -0.478 e. The Balaban J connectivity index is 1.21. The number of carbonyl (C=O) groups is 1. The largest absolute Gasteiger partial charge is 0.478 e. The fourth-order valence-corrected chi connectivity index (χ4v) is 10.8. The summed E-state index contributed by atoms with van der Waals surface area (Å²) >= 11 is 0. The molecule has 3 heterocycles. The van der Waals surface area contributed by atoms with Gasteiger partial charge < -0.3 is 50.0 Å². The molecule has 2 aromatic carbocycles. The molecule has 302 valence electrons. The average Bonchev–Trinajstić information content (AvgIpc) is 3.76. The second-order valence-electron chi connectivity index (χ2n) is 16.9. The first-order valence-corrected chi connectivity index (χ1v) is 20.2. The van der Waals surface area contributed by atoms with Crippen LogP contribution in [0.1, 0.15) is 85.7 Å². The van der Waals surface area contributed by atoms with Gasteiger partial charge in [0.1, 0.15) is 36.3 Å². The number of carboxylic acid groups (broad SMARTS) is 1. The summed E-state index contributed by atoms with van der Waals surface area (Å²) in [5.41, 5.74) is -1.23. The highest BCUT2D eigenvalue weighted by Gasteiger charge is 2.64. The third-order valence-corrected chi connectivity index (χ3v) is 13.6. The maximum absolute atomic E-state index is 12.7. The van der Waals surface area contributed by atoms with Crippen LogP contribution in [0.4, 0.5) is 0 Å². The van der Waals surface area contributed by atoms with Crippen molar-refractivity contribution in [2.75, 3.05) is 6.61 Å². The van der Waals surface area contributed by atoms with E-state index in [1.54, 1.807) is 30.3 Å². The Morgan fingerprint density at radius 2 is 1.68 bits per heavy atom. The standard InChI is InChI=1S/C45H56O11/c1-2-7-28-12-17-33(18-13-28)55-42-45(53)27-34(35(47)8-6-23-54-36(9-5-22-46)39(56-42)38(48)40(45)49)31-16-19-37-43(20-3-4-21-43)32(26-44(37,52)25-31)24-29-10-14-30(15-11-29)41(50)51/h2,10-19,31-32,34-40,42,46-49,52-53H,1,3-5,7-9,20-22,24-27H2,(H,50,51)/t31-,32+,34+,35-,36+,37-,38+,39+,40-,42+,44-,45-/m0/s1. The smallest absolute Gasteiger partial charge is 0.335 e. The lowest BCUT2D eigenvalue weighted by Gasteiger charge is -2.51. The van der Waals surface area contributed by atoms with Gasteiger partial charge in [-0.05, 0) is 116 Å². The highest BCUT2D eigenvalue weighted by atomic mass is 16.7. The van der Waals surface area contributed by atoms with Gasteiger partial charge in [-0.1, -0.05) is 61.3 Å². The molecule has 12 atom stereocenters. The third kappa shape index (κ3) is 7.78. The molecule has 1 spiro atoms. The van der Waals surface area contributed by atoms with E-state index >= 15 is 0 Å². The molecule has 2 saturated carbocycles. The number of carboxylic acids is 1. The van der Waals surface area contributed by atoms with Gasteiger partial charge in [-0.3, -0.25) is 0 Å². The van der Waals surface area contributed by atoms with E-state index in [2.05, 4.69) is 24.7 Å². The Kier molecular flexibility index (Phi) is 12.0. The van der Waals surface area contributed by atoms with E-state index in [1.165, 1.54) is 0 Å². The molecule has 6 aliphatic rings. The van der Waals surface area contributed by atoms with Gasteiger partial charge in [-0.25, -0.2) is 4.79 Å². The van der Waals surface area contributed by atoms with Crippen LogP contribution in [0.5, 0.6) is 5.75 Å². The fourth-order valence-electron chi connectivity index (χ4n) is 10.8. The van der Waals surface area contributed by atoms with E-state index in [0.29, 0.717) is 37.9 Å². The molecule has 0 radical (unpaired) electrons. The third-order valence-electron chi connectivity index (χ3n) is 13.6. The fraction of sp³-hybridized carbons (Fsp3) is 0.578. The predicted octanol–water partition coefficient (Wildman–Crippen LogP) is 4.31. The van der Waals surface area contributed by atoms with Crippen LogP contribution in [0.15, 0.2) is 73.3 Å². The molecule has 3 aliphatic carbocycles. The molecular formula is C45H56O11. The van der Waals surface area contributed by atoms with Gasteiger partial charge in [0.15, 0.2) is 5.60 Å². The topological polar surface area (TPSA) is 186 Å². The van der Waals surface area contributed by atoms with Gasteiger partial charge in [0.05, 0.1) is 17.3 Å². The molecule has 0 unspecified atom stereocenters. The Bertz CT molecular complexity index is 1780. The summed E-state index contributed by atoms with van der Waals surface area (Å²) in [4.78, 5) is 11.5. The molecule has 56 heavy (non-hydrogen) atoms. The van der Waals surface area contributed by atoms with Gasteiger partial charge in [-0.15, -0.1) is 6.58 Å². The van der Waals surface area contributed by atoms with E-state index in [-0.39, 0.29) is 48.7 Å². The molecule has 2 bridgehead atoms. The van der Waals surface area contributed by atoms with Gasteiger partial charge >= 0.3 is 5.97 Å². The summed E-state index contributed by atoms with van der Waals surface area (Å²) in [7, 11) is 0. The number of hydrogen-bond acceptors (Lipinski definition) is 10. The molecule has 8 rings (SSSR count). The van der Waals surface area contributed by atoms with E-state index in [1.807, 2.05) is 30.3 Å². The summed E-state index contributed by atoms with van der Waals surface area (Å²) in [5.74, 6) is 1.09. The zero-order valence-corrected chi connectivity index (χ0v) is 31.8. The van der Waals surface area contributed by atoms with Gasteiger partial charge in [0.2, 0.25) is 6.29 Å². The second kappa shape index (κ2) is 16.6. The van der Waals surface area contributed by atoms with Crippen LogP contribution < -0.4 is 4.74 Å². The maximum atomic E-state index is 12.7. The monoisotopic (exact) mass is 772 g/mol. The summed E-state index contributed by atoms with van der Waals surface area (Å²) in [5, 5.41) is 79.7. The number of hydrogen-bond donors (Lipinski definition) is 7. The van der Waals surface area contributed by atoms with Crippen LogP contribution in [0.25, 0.3) is 0 Å². The lowest BCUT2D eigenvalue weighted by molar-refractivity contribution is -0.334. The molecule has 7 N–H and O–H groups in total. The minimum atomic E-state index is -2.23. The zero-order chi connectivity index (χ0) is 39.7. The average molecular weight is 773 g/mol. The number of ether oxygens (including phenoxy) is 3. The van der Waals surface area contributed by atoms with E-state index in [4.69, 9.17) is 14.2 Å². The normalized spacial score (nSPS) is 37.4. The summed E-state index contributed by atoms with van der Waals surface area (Å²) in [6.07, 6.45) is 7.00. The molecule has 0 amide bonds. The highest BCUT2D eigenvalue weighted by molar-refractivity contribution is 5.87. The van der Waals surface area contributed by atoms with Crippen LogP contribution in [-0.4, -0.2) is 96.3 Å². The maximum Gasteiger partial charge on any atom is 0.335 e. The minimum absolute atomic E-state index is 0.0149. The predicted molar refractivity (Wildman–Crippen MR) is 206 cm³/mol. The van der Waals surface area contributed by atoms with Gasteiger partial charge in [-0.2, -0.15) is 0 Å². The van der Waals surface area contributed by atoms with Crippen molar-refractivity contribution in [2.24, 2.45) is 29.1 Å². The Hall–Kier alpha value is -3.73. The van der Waals surface area contributed by atoms with Crippen molar-refractivity contribution in [2.45, 2.75) is 125 Å². The van der Waals surface area contributed by atoms with Crippen LogP contribution in [0.3, 0.4) is 0 Å². The molecule has 3 aliphatic heterocycles. The van der Waals surface area contributed by atoms with Gasteiger partial charge in [0, 0.05) is 18.9 Å². The number of aliphatic hydroxyl groups is 6. The number of fused-ring (bicyclic) bond motifs is 10. The molecule has 3 fully saturated rings. The number of benzene rings is 2. The molecule has 11 nitrogen and oxygen atoms in total. The number of aliphatic hydroxyl groups excluding tert-OH is 4. The van der Waals surface area contributed by atoms with Crippen molar-refractivity contribution in [3.8, 4) is 17.8 Å². The summed E-state index contributed by atoms with van der Waals surface area (Å²) in [6, 6.07) is 14.2. The van der Waals surface area contributed by atoms with Crippen molar-refractivity contribution >= 4 is 5.97 Å². The first-order chi connectivity index (χ1) is 26.9. The van der Waals surface area contributed by atoms with Crippen molar-refractivity contribution < 1.29 is 54.8 Å². The number of rotatable bonds is 11. The molecule has 1 saturated heterocycles. The Morgan fingerprint density at radius 1 is 0.964 bits per heavy atom. The Labute approximate surface area is 328 Å². The van der Waals surface area contributed by atoms with Gasteiger partial charge in [0.25, 0.3) is 0 Å². The summed E-state index contributed by atoms with van der Waals surface area (Å²) < 4.78 is 18.5. The van der Waals surface area contributed by atoms with Crippen LogP contribution in [-0.2, 0) is 22.3 Å². The molecule has 2 aromatic rings. The summed E-state index contributed by atoms with van der Waals surface area (Å²) in [6.45, 7) is 3.64. The van der Waals surface area contributed by atoms with Crippen molar-refractivity contribution in [1.29, 1.82) is 0 Å². The first-order valence-electron chi connectivity index (χ1n) is 20.2. The number of aromatic carboxylic acids is 1. The van der Waals surface area contributed by atoms with Crippen LogP contribution >= 0.6 is 0 Å². The van der Waals surface area contributed by atoms with E-state index in [9.17, 15) is 40.5 Å². The quantitative estimate of drug-likeness (QED) is 0.128. The first kappa shape index (κ1) is 40.5. The van der Waals surface area contributed by atoms with E-state index < -0.39 is 65.8 Å². The van der Waals surface area contributed by atoms with Crippen LogP contribution in [0, 0.1) is 41.1 Å². The second-order valence-corrected chi connectivity index (χ2v) is 16.9. The van der Waals surface area contributed by atoms with Crippen molar-refractivity contribution in [1.82, 2.24) is 0 Å². The molecule has 0 aromatic heterocycles. The Morgan fingerprint density at radius 3 is 2.36 bits per heavy atom. The SMILES string of the molecule is C=CCc1ccc(O[C@@H]2O[C@H]3[C@@H](O)[C@H](O)[C@@]2(O)C[C@H]([C@H]2C=C[C@H]4C5(CCCC5)[C@H](Cc5ccc(C(=O)O)cc5)C[C@@]4(O)C2)[C@@H](O)CC#CO[C@@H]3CCCO)cc1. The lowest BCUT2D eigenvalue weighted by atomic mass is 9.62.